The lowest BCUT2D eigenvalue weighted by molar-refractivity contribution is 0.752. The van der Waals surface area contributed by atoms with Crippen molar-refractivity contribution in [3.05, 3.63) is 336 Å². The summed E-state index contributed by atoms with van der Waals surface area (Å²) in [5.41, 5.74) is 28.5. The highest BCUT2D eigenvalue weighted by Gasteiger charge is 2.54. The molecule has 0 aromatic heterocycles. The molecule has 0 radical (unpaired) electrons. The molecule has 0 saturated carbocycles. The standard InChI is InChI=1S/C74H48N2/c1-3-22-49(23-4-1)50-42-44-51(45-43-50)54-26-11-18-38-68(54)76(53-46-47-58-57-29-9-14-33-62(57)73(67(58)48-53)60-31-12-7-27-55(60)56-28-8-13-32-61(56)73)71-41-21-37-66-72(71)59-30-10-15-34-63(59)74(66)64-35-16-19-39-69(64)75(52-24-5-2-6-25-52)70-40-20-17-36-65(70)74/h1-48H. The van der Waals surface area contributed by atoms with Crippen molar-refractivity contribution in [1.82, 2.24) is 0 Å². The van der Waals surface area contributed by atoms with Crippen molar-refractivity contribution in [3.8, 4) is 55.6 Å². The van der Waals surface area contributed by atoms with E-state index in [1.807, 2.05) is 0 Å². The molecule has 16 rings (SSSR count). The summed E-state index contributed by atoms with van der Waals surface area (Å²) < 4.78 is 0. The predicted octanol–water partition coefficient (Wildman–Crippen LogP) is 19.0. The lowest BCUT2D eigenvalue weighted by atomic mass is 9.64. The highest BCUT2D eigenvalue weighted by molar-refractivity contribution is 6.04. The molecule has 0 N–H and O–H groups in total. The Hall–Kier alpha value is -9.76. The largest absolute Gasteiger partial charge is 0.310 e. The van der Waals surface area contributed by atoms with E-state index in [0.29, 0.717) is 0 Å². The van der Waals surface area contributed by atoms with E-state index in [1.54, 1.807) is 0 Å². The van der Waals surface area contributed by atoms with Crippen molar-refractivity contribution in [3.63, 3.8) is 0 Å². The first-order chi connectivity index (χ1) is 37.7. The second kappa shape index (κ2) is 16.4. The van der Waals surface area contributed by atoms with Gasteiger partial charge in [-0.2, -0.15) is 0 Å². The molecule has 0 bridgehead atoms. The molecule has 2 heteroatoms. The molecule has 0 saturated heterocycles. The number of fused-ring (bicyclic) bond motifs is 19. The number of para-hydroxylation sites is 4. The smallest absolute Gasteiger partial charge is 0.0755 e. The Bertz CT molecular complexity index is 4190. The van der Waals surface area contributed by atoms with Crippen LogP contribution in [-0.4, -0.2) is 0 Å². The van der Waals surface area contributed by atoms with E-state index in [0.717, 1.165) is 33.9 Å². The molecule has 76 heavy (non-hydrogen) atoms. The third-order valence-corrected chi connectivity index (χ3v) is 17.1. The van der Waals surface area contributed by atoms with E-state index in [1.165, 1.54) is 100 Å². The fourth-order valence-corrected chi connectivity index (χ4v) is 14.2. The van der Waals surface area contributed by atoms with Gasteiger partial charge in [0.1, 0.15) is 0 Å². The van der Waals surface area contributed by atoms with E-state index in [4.69, 9.17) is 0 Å². The Balaban J connectivity index is 0.986. The number of rotatable bonds is 6. The summed E-state index contributed by atoms with van der Waals surface area (Å²) in [7, 11) is 0. The highest BCUT2D eigenvalue weighted by Crippen LogP contribution is 2.67. The van der Waals surface area contributed by atoms with Gasteiger partial charge in [-0.05, 0) is 138 Å². The molecule has 2 nitrogen and oxygen atoms in total. The Kier molecular flexibility index (Phi) is 9.20. The van der Waals surface area contributed by atoms with Gasteiger partial charge < -0.3 is 9.80 Å². The third kappa shape index (κ3) is 5.70. The van der Waals surface area contributed by atoms with Crippen LogP contribution < -0.4 is 9.80 Å². The molecule has 0 unspecified atom stereocenters. The van der Waals surface area contributed by atoms with Crippen LogP contribution in [-0.2, 0) is 10.8 Å². The van der Waals surface area contributed by atoms with E-state index in [-0.39, 0.29) is 0 Å². The van der Waals surface area contributed by atoms with E-state index < -0.39 is 10.8 Å². The number of nitrogens with zero attached hydrogens (tertiary/aromatic N) is 2. The minimum atomic E-state index is -0.625. The van der Waals surface area contributed by atoms with Crippen LogP contribution in [0.2, 0.25) is 0 Å². The average molecular weight is 965 g/mol. The molecule has 0 amide bonds. The fraction of sp³-hybridized carbons (Fsp3) is 0.0270. The second-order valence-corrected chi connectivity index (χ2v) is 20.6. The summed E-state index contributed by atoms with van der Waals surface area (Å²) in [6.07, 6.45) is 0. The van der Waals surface area contributed by atoms with Gasteiger partial charge in [0.2, 0.25) is 0 Å². The minimum absolute atomic E-state index is 0.511. The highest BCUT2D eigenvalue weighted by atomic mass is 15.2. The number of anilines is 6. The zero-order valence-corrected chi connectivity index (χ0v) is 41.6. The average Bonchev–Trinajstić information content (AvgIpc) is 4.10. The summed E-state index contributed by atoms with van der Waals surface area (Å²) in [4.78, 5) is 5.05. The van der Waals surface area contributed by atoms with Crippen molar-refractivity contribution in [1.29, 1.82) is 0 Å². The van der Waals surface area contributed by atoms with Gasteiger partial charge in [-0.3, -0.25) is 0 Å². The van der Waals surface area contributed by atoms with Gasteiger partial charge in [-0.1, -0.05) is 243 Å². The lowest BCUT2D eigenvalue weighted by Crippen LogP contribution is -2.36. The van der Waals surface area contributed by atoms with Crippen LogP contribution in [0, 0.1) is 0 Å². The summed E-state index contributed by atoms with van der Waals surface area (Å²) in [6, 6.07) is 109. The minimum Gasteiger partial charge on any atom is -0.310 e. The Labute approximate surface area is 443 Å². The maximum Gasteiger partial charge on any atom is 0.0755 e. The second-order valence-electron chi connectivity index (χ2n) is 20.6. The summed E-state index contributed by atoms with van der Waals surface area (Å²) in [5.74, 6) is 0. The number of benzene rings is 12. The first-order valence-corrected chi connectivity index (χ1v) is 26.5. The lowest BCUT2D eigenvalue weighted by Gasteiger charge is -2.45. The molecular weight excluding hydrogens is 917 g/mol. The van der Waals surface area contributed by atoms with Crippen molar-refractivity contribution in [2.45, 2.75) is 10.8 Å². The molecule has 4 aliphatic rings. The Morgan fingerprint density at radius 3 is 1.26 bits per heavy atom. The van der Waals surface area contributed by atoms with Crippen LogP contribution in [0.4, 0.5) is 34.1 Å². The topological polar surface area (TPSA) is 6.48 Å². The maximum atomic E-state index is 2.59. The van der Waals surface area contributed by atoms with Crippen LogP contribution in [0.3, 0.4) is 0 Å². The normalized spacial score (nSPS) is 14.0. The SMILES string of the molecule is c1ccc(-c2ccc(-c3ccccc3N(c3ccc4c(c3)C3(c5ccccc5-c5ccccc53)c3ccccc3-4)c3cccc4c3-c3ccccc3C43c4ccccc4N(c4ccccc4)c4ccccc43)cc2)cc1. The predicted molar refractivity (Wildman–Crippen MR) is 314 cm³/mol. The first kappa shape index (κ1) is 42.7. The molecule has 354 valence electrons. The van der Waals surface area contributed by atoms with E-state index in [9.17, 15) is 0 Å². The fourth-order valence-electron chi connectivity index (χ4n) is 14.2. The van der Waals surface area contributed by atoms with Crippen molar-refractivity contribution in [2.75, 3.05) is 9.80 Å². The first-order valence-electron chi connectivity index (χ1n) is 26.5. The Morgan fingerprint density at radius 1 is 0.250 bits per heavy atom. The van der Waals surface area contributed by atoms with Crippen LogP contribution in [0.5, 0.6) is 0 Å². The molecular formula is C74H48N2. The molecule has 2 spiro atoms. The maximum absolute atomic E-state index is 2.59. The van der Waals surface area contributed by atoms with Gasteiger partial charge in [0.05, 0.1) is 33.6 Å². The summed E-state index contributed by atoms with van der Waals surface area (Å²) in [5, 5.41) is 0. The monoisotopic (exact) mass is 964 g/mol. The van der Waals surface area contributed by atoms with Crippen molar-refractivity contribution in [2.24, 2.45) is 0 Å². The van der Waals surface area contributed by atoms with Gasteiger partial charge >= 0.3 is 0 Å². The summed E-state index contributed by atoms with van der Waals surface area (Å²) >= 11 is 0. The van der Waals surface area contributed by atoms with Crippen LogP contribution in [0.1, 0.15) is 44.5 Å². The van der Waals surface area contributed by atoms with Gasteiger partial charge in [0.15, 0.2) is 0 Å². The van der Waals surface area contributed by atoms with Gasteiger partial charge in [-0.15, -0.1) is 0 Å². The third-order valence-electron chi connectivity index (χ3n) is 17.1. The molecule has 0 fully saturated rings. The number of hydrogen-bond donors (Lipinski definition) is 0. The quantitative estimate of drug-likeness (QED) is 0.164. The Morgan fingerprint density at radius 2 is 0.658 bits per heavy atom. The van der Waals surface area contributed by atoms with Crippen LogP contribution in [0.25, 0.3) is 55.6 Å². The number of hydrogen-bond acceptors (Lipinski definition) is 2. The molecule has 12 aromatic carbocycles. The van der Waals surface area contributed by atoms with Crippen molar-refractivity contribution >= 4 is 34.1 Å². The van der Waals surface area contributed by atoms with Gasteiger partial charge in [0, 0.05) is 22.5 Å². The van der Waals surface area contributed by atoms with Gasteiger partial charge in [-0.25, -0.2) is 0 Å². The molecule has 3 aliphatic carbocycles. The molecule has 1 aliphatic heterocycles. The van der Waals surface area contributed by atoms with E-state index in [2.05, 4.69) is 301 Å². The molecule has 12 aromatic rings. The zero-order chi connectivity index (χ0) is 50.0. The summed E-state index contributed by atoms with van der Waals surface area (Å²) in [6.45, 7) is 0. The van der Waals surface area contributed by atoms with Crippen LogP contribution >= 0.6 is 0 Å². The molecule has 1 heterocycles. The van der Waals surface area contributed by atoms with Gasteiger partial charge in [0.25, 0.3) is 0 Å². The zero-order valence-electron chi connectivity index (χ0n) is 41.6. The van der Waals surface area contributed by atoms with Crippen LogP contribution in [0.15, 0.2) is 291 Å². The van der Waals surface area contributed by atoms with Crippen molar-refractivity contribution < 1.29 is 0 Å². The molecule has 0 atom stereocenters. The van der Waals surface area contributed by atoms with E-state index >= 15 is 0 Å².